The number of aromatic nitrogens is 2. The van der Waals surface area contributed by atoms with E-state index in [1.54, 1.807) is 0 Å². The van der Waals surface area contributed by atoms with Crippen LogP contribution in [0.25, 0.3) is 0 Å². The average molecular weight is 279 g/mol. The zero-order chi connectivity index (χ0) is 15.0. The maximum Gasteiger partial charge on any atom is 0.228 e. The molecule has 1 aromatic rings. The molecule has 0 bridgehead atoms. The highest BCUT2D eigenvalue weighted by molar-refractivity contribution is 5.39. The standard InChI is InChI=1S/C16H29N3O/c1-5-7-9-11-13-14(12-10-8-6-2)17-16(19(3)4)18-15(13)20/h5-12H2,1-4H3,(H,17,18,20). The summed E-state index contributed by atoms with van der Waals surface area (Å²) in [6.45, 7) is 4.39. The maximum absolute atomic E-state index is 10.2. The van der Waals surface area contributed by atoms with Gasteiger partial charge in [0.15, 0.2) is 0 Å². The first-order valence-corrected chi connectivity index (χ1v) is 7.86. The van der Waals surface area contributed by atoms with Crippen molar-refractivity contribution in [3.63, 3.8) is 0 Å². The van der Waals surface area contributed by atoms with Crippen molar-refractivity contribution < 1.29 is 5.11 Å². The molecule has 0 saturated carbocycles. The number of hydrogen-bond donors (Lipinski definition) is 1. The summed E-state index contributed by atoms with van der Waals surface area (Å²) in [5, 5.41) is 10.2. The summed E-state index contributed by atoms with van der Waals surface area (Å²) in [4.78, 5) is 10.7. The van der Waals surface area contributed by atoms with Crippen LogP contribution in [0.1, 0.15) is 63.6 Å². The van der Waals surface area contributed by atoms with E-state index >= 15 is 0 Å². The van der Waals surface area contributed by atoms with E-state index < -0.39 is 0 Å². The van der Waals surface area contributed by atoms with Crippen LogP contribution in [0.4, 0.5) is 5.95 Å². The number of aromatic hydroxyl groups is 1. The van der Waals surface area contributed by atoms with E-state index in [0.29, 0.717) is 5.95 Å². The van der Waals surface area contributed by atoms with Crippen molar-refractivity contribution >= 4 is 5.95 Å². The van der Waals surface area contributed by atoms with Crippen molar-refractivity contribution in [3.8, 4) is 5.88 Å². The lowest BCUT2D eigenvalue weighted by molar-refractivity contribution is 0.440. The van der Waals surface area contributed by atoms with E-state index in [1.165, 1.54) is 25.7 Å². The predicted molar refractivity (Wildman–Crippen MR) is 84.5 cm³/mol. The van der Waals surface area contributed by atoms with Gasteiger partial charge in [0.25, 0.3) is 0 Å². The van der Waals surface area contributed by atoms with Gasteiger partial charge in [-0.3, -0.25) is 0 Å². The predicted octanol–water partition coefficient (Wildman–Crippen LogP) is 3.71. The van der Waals surface area contributed by atoms with Crippen LogP contribution in [0.3, 0.4) is 0 Å². The summed E-state index contributed by atoms with van der Waals surface area (Å²) in [6, 6.07) is 0. The van der Waals surface area contributed by atoms with Crippen molar-refractivity contribution in [2.75, 3.05) is 19.0 Å². The van der Waals surface area contributed by atoms with E-state index in [1.807, 2.05) is 19.0 Å². The molecule has 0 spiro atoms. The third kappa shape index (κ3) is 4.99. The molecule has 1 aromatic heterocycles. The number of hydrogen-bond acceptors (Lipinski definition) is 4. The molecule has 0 amide bonds. The SMILES string of the molecule is CCCCCc1nc(N(C)C)nc(O)c1CCCCC. The second kappa shape index (κ2) is 8.77. The quantitative estimate of drug-likeness (QED) is 0.700. The molecule has 0 saturated heterocycles. The normalized spacial score (nSPS) is 10.8. The van der Waals surface area contributed by atoms with Crippen molar-refractivity contribution in [2.24, 2.45) is 0 Å². The Morgan fingerprint density at radius 1 is 0.900 bits per heavy atom. The molecule has 0 unspecified atom stereocenters. The number of rotatable bonds is 9. The van der Waals surface area contributed by atoms with E-state index in [4.69, 9.17) is 0 Å². The topological polar surface area (TPSA) is 49.2 Å². The Morgan fingerprint density at radius 3 is 2.05 bits per heavy atom. The van der Waals surface area contributed by atoms with Gasteiger partial charge in [-0.25, -0.2) is 4.98 Å². The van der Waals surface area contributed by atoms with Crippen molar-refractivity contribution in [1.82, 2.24) is 9.97 Å². The lowest BCUT2D eigenvalue weighted by atomic mass is 10.0. The van der Waals surface area contributed by atoms with Gasteiger partial charge in [-0.2, -0.15) is 4.98 Å². The van der Waals surface area contributed by atoms with Crippen LogP contribution in [0.2, 0.25) is 0 Å². The van der Waals surface area contributed by atoms with Crippen molar-refractivity contribution in [1.29, 1.82) is 0 Å². The fourth-order valence-electron chi connectivity index (χ4n) is 2.26. The average Bonchev–Trinajstić information content (AvgIpc) is 2.41. The monoisotopic (exact) mass is 279 g/mol. The Labute approximate surface area is 123 Å². The summed E-state index contributed by atoms with van der Waals surface area (Å²) in [5.41, 5.74) is 1.99. The van der Waals surface area contributed by atoms with E-state index in [0.717, 1.165) is 36.9 Å². The molecule has 0 atom stereocenters. The Kier molecular flexibility index (Phi) is 7.34. The third-order valence-corrected chi connectivity index (χ3v) is 3.51. The molecule has 20 heavy (non-hydrogen) atoms. The highest BCUT2D eigenvalue weighted by Crippen LogP contribution is 2.24. The number of aryl methyl sites for hydroxylation is 1. The van der Waals surface area contributed by atoms with E-state index in [-0.39, 0.29) is 5.88 Å². The van der Waals surface area contributed by atoms with Gasteiger partial charge < -0.3 is 10.0 Å². The van der Waals surface area contributed by atoms with Crippen LogP contribution in [0.15, 0.2) is 0 Å². The highest BCUT2D eigenvalue weighted by atomic mass is 16.3. The van der Waals surface area contributed by atoms with E-state index in [2.05, 4.69) is 23.8 Å². The largest absolute Gasteiger partial charge is 0.493 e. The Morgan fingerprint density at radius 2 is 1.50 bits per heavy atom. The molecule has 1 N–H and O–H groups in total. The first kappa shape index (κ1) is 16.7. The van der Waals surface area contributed by atoms with Gasteiger partial charge in [0.2, 0.25) is 11.8 Å². The molecule has 114 valence electrons. The van der Waals surface area contributed by atoms with Crippen LogP contribution < -0.4 is 4.90 Å². The van der Waals surface area contributed by atoms with Crippen molar-refractivity contribution in [2.45, 2.75) is 65.2 Å². The molecule has 0 aliphatic carbocycles. The molecule has 0 radical (unpaired) electrons. The van der Waals surface area contributed by atoms with Crippen LogP contribution in [-0.2, 0) is 12.8 Å². The van der Waals surface area contributed by atoms with Gasteiger partial charge in [0.1, 0.15) is 0 Å². The minimum atomic E-state index is 0.173. The Balaban J connectivity index is 2.92. The van der Waals surface area contributed by atoms with Crippen LogP contribution in [0, 0.1) is 0 Å². The minimum absolute atomic E-state index is 0.173. The van der Waals surface area contributed by atoms with Gasteiger partial charge in [-0.05, 0) is 25.7 Å². The lowest BCUT2D eigenvalue weighted by Crippen LogP contribution is -2.15. The second-order valence-corrected chi connectivity index (χ2v) is 5.58. The van der Waals surface area contributed by atoms with Crippen LogP contribution in [0.5, 0.6) is 5.88 Å². The molecular formula is C16H29N3O. The summed E-state index contributed by atoms with van der Waals surface area (Å²) in [7, 11) is 3.81. The molecule has 0 aliphatic rings. The van der Waals surface area contributed by atoms with Gasteiger partial charge in [0, 0.05) is 19.7 Å². The van der Waals surface area contributed by atoms with Gasteiger partial charge in [0.05, 0.1) is 5.69 Å². The molecule has 0 aliphatic heterocycles. The summed E-state index contributed by atoms with van der Waals surface area (Å²) < 4.78 is 0. The molecule has 4 heteroatoms. The second-order valence-electron chi connectivity index (χ2n) is 5.58. The first-order chi connectivity index (χ1) is 9.60. The maximum atomic E-state index is 10.2. The Bertz CT molecular complexity index is 405. The Hall–Kier alpha value is -1.32. The zero-order valence-electron chi connectivity index (χ0n) is 13.4. The van der Waals surface area contributed by atoms with Crippen molar-refractivity contribution in [3.05, 3.63) is 11.3 Å². The lowest BCUT2D eigenvalue weighted by Gasteiger charge is -2.16. The summed E-state index contributed by atoms with van der Waals surface area (Å²) in [6.07, 6.45) is 8.81. The molecule has 1 rings (SSSR count). The zero-order valence-corrected chi connectivity index (χ0v) is 13.4. The molecular weight excluding hydrogens is 250 g/mol. The summed E-state index contributed by atoms with van der Waals surface area (Å²) in [5.74, 6) is 0.777. The first-order valence-electron chi connectivity index (χ1n) is 7.86. The molecule has 0 aromatic carbocycles. The number of unbranched alkanes of at least 4 members (excludes halogenated alkanes) is 4. The minimum Gasteiger partial charge on any atom is -0.493 e. The van der Waals surface area contributed by atoms with Crippen LogP contribution in [-0.4, -0.2) is 29.2 Å². The van der Waals surface area contributed by atoms with E-state index in [9.17, 15) is 5.11 Å². The van der Waals surface area contributed by atoms with Gasteiger partial charge in [-0.1, -0.05) is 39.5 Å². The fraction of sp³-hybridized carbons (Fsp3) is 0.750. The molecule has 0 fully saturated rings. The number of nitrogens with zero attached hydrogens (tertiary/aromatic N) is 3. The molecule has 1 heterocycles. The summed E-state index contributed by atoms with van der Waals surface area (Å²) >= 11 is 0. The molecule has 4 nitrogen and oxygen atoms in total. The number of anilines is 1. The van der Waals surface area contributed by atoms with Gasteiger partial charge >= 0.3 is 0 Å². The third-order valence-electron chi connectivity index (χ3n) is 3.51. The van der Waals surface area contributed by atoms with Crippen LogP contribution >= 0.6 is 0 Å². The fourth-order valence-corrected chi connectivity index (χ4v) is 2.26. The highest BCUT2D eigenvalue weighted by Gasteiger charge is 2.14. The van der Waals surface area contributed by atoms with Gasteiger partial charge in [-0.15, -0.1) is 0 Å². The smallest absolute Gasteiger partial charge is 0.228 e.